The summed E-state index contributed by atoms with van der Waals surface area (Å²) in [6.07, 6.45) is 1.71. The van der Waals surface area contributed by atoms with Gasteiger partial charge in [-0.1, -0.05) is 17.3 Å². The van der Waals surface area contributed by atoms with Crippen LogP contribution < -0.4 is 5.73 Å². The fourth-order valence-electron chi connectivity index (χ4n) is 1.51. The van der Waals surface area contributed by atoms with Crippen molar-refractivity contribution in [2.45, 2.75) is 6.54 Å². The summed E-state index contributed by atoms with van der Waals surface area (Å²) >= 11 is 1.57. The van der Waals surface area contributed by atoms with Gasteiger partial charge in [0, 0.05) is 12.7 Å². The summed E-state index contributed by atoms with van der Waals surface area (Å²) in [4.78, 5) is 9.53. The van der Waals surface area contributed by atoms with Crippen LogP contribution in [0.25, 0.3) is 22.3 Å². The van der Waals surface area contributed by atoms with E-state index in [0.29, 0.717) is 24.0 Å². The van der Waals surface area contributed by atoms with Crippen LogP contribution in [0.2, 0.25) is 0 Å². The van der Waals surface area contributed by atoms with Crippen LogP contribution in [0.15, 0.2) is 40.4 Å². The zero-order valence-corrected chi connectivity index (χ0v) is 10.2. The molecule has 3 aromatic heterocycles. The summed E-state index contributed by atoms with van der Waals surface area (Å²) in [6, 6.07) is 7.62. The molecule has 0 aliphatic carbocycles. The second-order valence-electron chi connectivity index (χ2n) is 3.66. The fraction of sp³-hybridized carbons (Fsp3) is 0.0833. The van der Waals surface area contributed by atoms with E-state index in [1.807, 2.05) is 29.6 Å². The molecular formula is C12H10N4OS. The molecule has 0 radical (unpaired) electrons. The molecule has 0 aromatic carbocycles. The Labute approximate surface area is 107 Å². The molecule has 0 aliphatic heterocycles. The molecule has 0 spiro atoms. The van der Waals surface area contributed by atoms with Crippen LogP contribution in [0, 0.1) is 0 Å². The lowest BCUT2D eigenvalue weighted by Crippen LogP contribution is -1.96. The number of aromatic nitrogens is 3. The van der Waals surface area contributed by atoms with E-state index in [0.717, 1.165) is 10.4 Å². The van der Waals surface area contributed by atoms with Crippen molar-refractivity contribution in [2.24, 2.45) is 5.73 Å². The topological polar surface area (TPSA) is 77.8 Å². The summed E-state index contributed by atoms with van der Waals surface area (Å²) in [6.45, 7) is 0.470. The van der Waals surface area contributed by atoms with Crippen molar-refractivity contribution in [3.8, 4) is 22.3 Å². The van der Waals surface area contributed by atoms with E-state index in [2.05, 4.69) is 15.1 Å². The minimum atomic E-state index is 0.418. The SMILES string of the molecule is NCc1ccc(-c2nc(-c3cccs3)no2)nc1. The lowest BCUT2D eigenvalue weighted by atomic mass is 10.2. The van der Waals surface area contributed by atoms with Crippen molar-refractivity contribution in [2.75, 3.05) is 0 Å². The van der Waals surface area contributed by atoms with Gasteiger partial charge in [0.2, 0.25) is 5.82 Å². The molecule has 2 N–H and O–H groups in total. The summed E-state index contributed by atoms with van der Waals surface area (Å²) in [5.74, 6) is 1.01. The van der Waals surface area contributed by atoms with E-state index in [-0.39, 0.29) is 0 Å². The Morgan fingerprint density at radius 1 is 1.28 bits per heavy atom. The maximum Gasteiger partial charge on any atom is 0.276 e. The highest BCUT2D eigenvalue weighted by Gasteiger charge is 2.11. The average molecular weight is 258 g/mol. The molecule has 0 bridgehead atoms. The molecule has 0 aliphatic rings. The van der Waals surface area contributed by atoms with Gasteiger partial charge in [-0.25, -0.2) is 0 Å². The number of hydrogen-bond donors (Lipinski definition) is 1. The van der Waals surface area contributed by atoms with Crippen molar-refractivity contribution >= 4 is 11.3 Å². The van der Waals surface area contributed by atoms with E-state index in [1.54, 1.807) is 17.5 Å². The molecular weight excluding hydrogens is 248 g/mol. The Morgan fingerprint density at radius 2 is 2.22 bits per heavy atom. The largest absolute Gasteiger partial charge is 0.332 e. The summed E-state index contributed by atoms with van der Waals surface area (Å²) < 4.78 is 5.20. The first-order chi connectivity index (χ1) is 8.86. The van der Waals surface area contributed by atoms with E-state index in [4.69, 9.17) is 10.3 Å². The highest BCUT2D eigenvalue weighted by atomic mass is 32.1. The highest BCUT2D eigenvalue weighted by Crippen LogP contribution is 2.24. The van der Waals surface area contributed by atoms with Crippen molar-refractivity contribution in [3.05, 3.63) is 41.4 Å². The normalized spacial score (nSPS) is 10.7. The van der Waals surface area contributed by atoms with Gasteiger partial charge in [-0.05, 0) is 23.1 Å². The number of nitrogens with zero attached hydrogens (tertiary/aromatic N) is 3. The van der Waals surface area contributed by atoms with Crippen LogP contribution in [0.3, 0.4) is 0 Å². The first kappa shape index (κ1) is 11.1. The van der Waals surface area contributed by atoms with Crippen LogP contribution in [-0.4, -0.2) is 15.1 Å². The molecule has 0 amide bonds. The maximum atomic E-state index is 5.52. The number of thiophene rings is 1. The summed E-state index contributed by atoms with van der Waals surface area (Å²) in [7, 11) is 0. The van der Waals surface area contributed by atoms with Crippen molar-refractivity contribution in [1.82, 2.24) is 15.1 Å². The first-order valence-electron chi connectivity index (χ1n) is 5.40. The lowest BCUT2D eigenvalue weighted by Gasteiger charge is -1.96. The van der Waals surface area contributed by atoms with Crippen molar-refractivity contribution < 1.29 is 4.52 Å². The van der Waals surface area contributed by atoms with Gasteiger partial charge >= 0.3 is 0 Å². The zero-order chi connectivity index (χ0) is 12.4. The molecule has 3 aromatic rings. The molecule has 0 saturated carbocycles. The third-order valence-electron chi connectivity index (χ3n) is 2.45. The number of rotatable bonds is 3. The molecule has 90 valence electrons. The molecule has 18 heavy (non-hydrogen) atoms. The van der Waals surface area contributed by atoms with Gasteiger partial charge in [-0.3, -0.25) is 4.98 Å². The van der Waals surface area contributed by atoms with E-state index >= 15 is 0 Å². The fourth-order valence-corrected chi connectivity index (χ4v) is 2.15. The van der Waals surface area contributed by atoms with Gasteiger partial charge in [0.05, 0.1) is 4.88 Å². The number of nitrogens with two attached hydrogens (primary N) is 1. The smallest absolute Gasteiger partial charge is 0.276 e. The van der Waals surface area contributed by atoms with Crippen molar-refractivity contribution in [1.29, 1.82) is 0 Å². The maximum absolute atomic E-state index is 5.52. The predicted molar refractivity (Wildman–Crippen MR) is 68.7 cm³/mol. The third-order valence-corrected chi connectivity index (χ3v) is 3.31. The second-order valence-corrected chi connectivity index (χ2v) is 4.60. The van der Waals surface area contributed by atoms with Gasteiger partial charge in [-0.2, -0.15) is 4.98 Å². The molecule has 6 heteroatoms. The predicted octanol–water partition coefficient (Wildman–Crippen LogP) is 2.32. The average Bonchev–Trinajstić information content (AvgIpc) is 3.09. The number of pyridine rings is 1. The number of hydrogen-bond acceptors (Lipinski definition) is 6. The van der Waals surface area contributed by atoms with Gasteiger partial charge in [0.25, 0.3) is 5.89 Å². The summed E-state index contributed by atoms with van der Waals surface area (Å²) in [5, 5.41) is 5.91. The van der Waals surface area contributed by atoms with Crippen molar-refractivity contribution in [3.63, 3.8) is 0 Å². The first-order valence-corrected chi connectivity index (χ1v) is 6.28. The summed E-state index contributed by atoms with van der Waals surface area (Å²) in [5.41, 5.74) is 7.14. The highest BCUT2D eigenvalue weighted by molar-refractivity contribution is 7.13. The Hall–Kier alpha value is -2.05. The minimum Gasteiger partial charge on any atom is -0.332 e. The molecule has 0 saturated heterocycles. The van der Waals surface area contributed by atoms with Gasteiger partial charge in [0.1, 0.15) is 5.69 Å². The third kappa shape index (κ3) is 2.03. The van der Waals surface area contributed by atoms with Crippen LogP contribution in [0.1, 0.15) is 5.56 Å². The molecule has 0 fully saturated rings. The van der Waals surface area contributed by atoms with Crippen LogP contribution in [0.4, 0.5) is 0 Å². The Bertz CT molecular complexity index is 630. The lowest BCUT2D eigenvalue weighted by molar-refractivity contribution is 0.431. The Kier molecular flexibility index (Phi) is 2.87. The Morgan fingerprint density at radius 3 is 2.89 bits per heavy atom. The van der Waals surface area contributed by atoms with E-state index < -0.39 is 0 Å². The zero-order valence-electron chi connectivity index (χ0n) is 9.41. The monoisotopic (exact) mass is 258 g/mol. The van der Waals surface area contributed by atoms with Crippen LogP contribution in [0.5, 0.6) is 0 Å². The molecule has 3 heterocycles. The molecule has 3 rings (SSSR count). The van der Waals surface area contributed by atoms with Gasteiger partial charge < -0.3 is 10.3 Å². The second kappa shape index (κ2) is 4.67. The van der Waals surface area contributed by atoms with Gasteiger partial charge in [-0.15, -0.1) is 11.3 Å². The quantitative estimate of drug-likeness (QED) is 0.780. The van der Waals surface area contributed by atoms with E-state index in [9.17, 15) is 0 Å². The standard InChI is InChI=1S/C12H10N4OS/c13-6-8-3-4-9(14-7-8)12-15-11(16-17-12)10-2-1-5-18-10/h1-5,7H,6,13H2. The Balaban J connectivity index is 1.92. The van der Waals surface area contributed by atoms with E-state index in [1.165, 1.54) is 0 Å². The van der Waals surface area contributed by atoms with Crippen LogP contribution >= 0.6 is 11.3 Å². The molecule has 5 nitrogen and oxygen atoms in total. The minimum absolute atomic E-state index is 0.418. The molecule has 0 unspecified atom stereocenters. The van der Waals surface area contributed by atoms with Gasteiger partial charge in [0.15, 0.2) is 0 Å². The molecule has 0 atom stereocenters. The van der Waals surface area contributed by atoms with Crippen LogP contribution in [-0.2, 0) is 6.54 Å².